The van der Waals surface area contributed by atoms with Gasteiger partial charge in [0.05, 0.1) is 0 Å². The maximum atomic E-state index is 11.9. The standard InChI is InChI=1S/C20H23BO2S/c22-20-19(10-5-11-23-20)24-13-18-16-8-3-1-6-14(16)12-15-7-2-4-9-17(15)21-18/h1-3,7-8,12,14,17,19H,4-6,9-11,13H2. The third-order valence-corrected chi connectivity index (χ3v) is 6.62. The minimum absolute atomic E-state index is 0.0137. The third-order valence-electron chi connectivity index (χ3n) is 5.31. The molecule has 0 radical (unpaired) electrons. The summed E-state index contributed by atoms with van der Waals surface area (Å²) in [4.78, 5) is 11.9. The molecule has 2 aliphatic heterocycles. The molecule has 4 aliphatic rings. The van der Waals surface area contributed by atoms with Crippen LogP contribution in [0.25, 0.3) is 0 Å². The second-order valence-corrected chi connectivity index (χ2v) is 8.14. The van der Waals surface area contributed by atoms with Crippen LogP contribution in [-0.2, 0) is 9.53 Å². The number of allylic oxidation sites excluding steroid dienone is 8. The van der Waals surface area contributed by atoms with E-state index in [-0.39, 0.29) is 11.2 Å². The Labute approximate surface area is 149 Å². The summed E-state index contributed by atoms with van der Waals surface area (Å²) in [7, 11) is 0. The predicted molar refractivity (Wildman–Crippen MR) is 103 cm³/mol. The summed E-state index contributed by atoms with van der Waals surface area (Å²) in [6.07, 6.45) is 19.2. The average molecular weight is 338 g/mol. The van der Waals surface area contributed by atoms with Crippen molar-refractivity contribution in [1.82, 2.24) is 0 Å². The fourth-order valence-electron chi connectivity index (χ4n) is 3.99. The van der Waals surface area contributed by atoms with E-state index in [9.17, 15) is 4.79 Å². The van der Waals surface area contributed by atoms with Crippen LogP contribution in [-0.4, -0.2) is 36.0 Å². The van der Waals surface area contributed by atoms with E-state index >= 15 is 0 Å². The molecule has 1 fully saturated rings. The summed E-state index contributed by atoms with van der Waals surface area (Å²) >= 11 is 1.77. The van der Waals surface area contributed by atoms with E-state index in [4.69, 9.17) is 4.74 Å². The van der Waals surface area contributed by atoms with Gasteiger partial charge in [0.2, 0.25) is 0 Å². The Kier molecular flexibility index (Phi) is 4.93. The van der Waals surface area contributed by atoms with Crippen molar-refractivity contribution in [3.05, 3.63) is 47.6 Å². The molecule has 4 rings (SSSR count). The molecule has 0 aromatic heterocycles. The van der Waals surface area contributed by atoms with Gasteiger partial charge in [-0.2, -0.15) is 0 Å². The van der Waals surface area contributed by atoms with Crippen LogP contribution in [0.4, 0.5) is 0 Å². The molecule has 0 N–H and O–H groups in total. The van der Waals surface area contributed by atoms with Crippen LogP contribution < -0.4 is 0 Å². The SMILES string of the molecule is O=C1OCCCC1SCC1=BC2CCC=CC2=CC2CC=CC=C12. The van der Waals surface area contributed by atoms with Crippen LogP contribution in [0.2, 0.25) is 5.82 Å². The Morgan fingerprint density at radius 2 is 2.25 bits per heavy atom. The van der Waals surface area contributed by atoms with Crippen molar-refractivity contribution in [1.29, 1.82) is 0 Å². The molecule has 0 aromatic carbocycles. The number of cyclic esters (lactones) is 1. The van der Waals surface area contributed by atoms with Crippen molar-refractivity contribution < 1.29 is 9.53 Å². The molecule has 2 aliphatic carbocycles. The molecular weight excluding hydrogens is 315 g/mol. The molecule has 0 aromatic rings. The summed E-state index contributed by atoms with van der Waals surface area (Å²) < 4.78 is 5.22. The monoisotopic (exact) mass is 338 g/mol. The number of rotatable bonds is 3. The Morgan fingerprint density at radius 3 is 3.17 bits per heavy atom. The van der Waals surface area contributed by atoms with E-state index in [1.54, 1.807) is 11.8 Å². The first-order valence-corrected chi connectivity index (χ1v) is 10.1. The predicted octanol–water partition coefficient (Wildman–Crippen LogP) is 3.88. The van der Waals surface area contributed by atoms with Gasteiger partial charge in [-0.3, -0.25) is 0 Å². The number of carbonyl (C=O) groups excluding carboxylic acids is 1. The molecule has 3 atom stereocenters. The topological polar surface area (TPSA) is 26.3 Å². The molecule has 0 bridgehead atoms. The van der Waals surface area contributed by atoms with Crippen LogP contribution in [0.1, 0.15) is 32.1 Å². The molecule has 124 valence electrons. The second kappa shape index (κ2) is 7.31. The van der Waals surface area contributed by atoms with Gasteiger partial charge < -0.3 is 0 Å². The summed E-state index contributed by atoms with van der Waals surface area (Å²) in [6.45, 7) is 3.07. The van der Waals surface area contributed by atoms with Crippen molar-refractivity contribution in [2.24, 2.45) is 5.92 Å². The Hall–Kier alpha value is -1.29. The molecule has 0 amide bonds. The van der Waals surface area contributed by atoms with Gasteiger partial charge in [-0.05, 0) is 0 Å². The van der Waals surface area contributed by atoms with Gasteiger partial charge in [0.15, 0.2) is 0 Å². The minimum atomic E-state index is -0.0195. The van der Waals surface area contributed by atoms with E-state index in [0.717, 1.165) is 31.4 Å². The number of hydrogen-bond donors (Lipinski definition) is 0. The molecule has 0 saturated carbocycles. The normalized spacial score (nSPS) is 31.6. The zero-order chi connectivity index (χ0) is 16.4. The van der Waals surface area contributed by atoms with E-state index in [2.05, 4.69) is 43.4 Å². The van der Waals surface area contributed by atoms with Crippen molar-refractivity contribution in [3.63, 3.8) is 0 Å². The van der Waals surface area contributed by atoms with Gasteiger partial charge in [0.1, 0.15) is 0 Å². The Balaban J connectivity index is 1.56. The molecule has 24 heavy (non-hydrogen) atoms. The quantitative estimate of drug-likeness (QED) is 0.577. The Morgan fingerprint density at radius 1 is 1.29 bits per heavy atom. The second-order valence-electron chi connectivity index (χ2n) is 6.95. The number of fused-ring (bicyclic) bond motifs is 2. The van der Waals surface area contributed by atoms with Gasteiger partial charge in [0, 0.05) is 0 Å². The zero-order valence-electron chi connectivity index (χ0n) is 13.9. The molecular formula is C20H23BO2S. The van der Waals surface area contributed by atoms with Gasteiger partial charge >= 0.3 is 149 Å². The number of carbonyl (C=O) groups is 1. The third kappa shape index (κ3) is 3.39. The first kappa shape index (κ1) is 16.2. The van der Waals surface area contributed by atoms with Crippen LogP contribution in [0, 0.1) is 5.92 Å². The van der Waals surface area contributed by atoms with Crippen molar-refractivity contribution in [2.45, 2.75) is 43.2 Å². The number of hydrogen-bond acceptors (Lipinski definition) is 3. The molecule has 0 spiro atoms. The first-order chi connectivity index (χ1) is 11.8. The Bertz CT molecular complexity index is 671. The molecule has 3 unspecified atom stereocenters. The molecule has 2 heterocycles. The number of thioether (sulfide) groups is 1. The van der Waals surface area contributed by atoms with E-state index in [1.807, 2.05) is 0 Å². The van der Waals surface area contributed by atoms with Crippen LogP contribution in [0.15, 0.2) is 47.6 Å². The number of esters is 1. The van der Waals surface area contributed by atoms with Crippen LogP contribution in [0.3, 0.4) is 0 Å². The van der Waals surface area contributed by atoms with E-state index < -0.39 is 0 Å². The molecule has 4 heteroatoms. The van der Waals surface area contributed by atoms with Crippen molar-refractivity contribution in [3.8, 4) is 0 Å². The van der Waals surface area contributed by atoms with Gasteiger partial charge in [-0.1, -0.05) is 0 Å². The van der Waals surface area contributed by atoms with Crippen molar-refractivity contribution >= 4 is 30.1 Å². The van der Waals surface area contributed by atoms with Gasteiger partial charge in [-0.15, -0.1) is 0 Å². The van der Waals surface area contributed by atoms with Crippen LogP contribution >= 0.6 is 11.8 Å². The van der Waals surface area contributed by atoms with Crippen LogP contribution in [0.5, 0.6) is 0 Å². The van der Waals surface area contributed by atoms with E-state index in [1.165, 1.54) is 23.0 Å². The maximum absolute atomic E-state index is 11.9. The van der Waals surface area contributed by atoms with Gasteiger partial charge in [0.25, 0.3) is 0 Å². The van der Waals surface area contributed by atoms with E-state index in [0.29, 0.717) is 18.3 Å². The summed E-state index contributed by atoms with van der Waals surface area (Å²) in [5.41, 5.74) is 4.35. The summed E-state index contributed by atoms with van der Waals surface area (Å²) in [5, 5.41) is 0.0137. The fourth-order valence-corrected chi connectivity index (χ4v) is 5.17. The fraction of sp³-hybridized carbons (Fsp3) is 0.500. The summed E-state index contributed by atoms with van der Waals surface area (Å²) in [6, 6.07) is 0. The van der Waals surface area contributed by atoms with Crippen molar-refractivity contribution in [2.75, 3.05) is 12.4 Å². The first-order valence-electron chi connectivity index (χ1n) is 9.05. The molecule has 1 saturated heterocycles. The van der Waals surface area contributed by atoms with Gasteiger partial charge in [-0.25, -0.2) is 0 Å². The summed E-state index contributed by atoms with van der Waals surface area (Å²) in [5.74, 6) is 1.92. The molecule has 2 nitrogen and oxygen atoms in total. The number of ether oxygens (including phenoxy) is 1. The average Bonchev–Trinajstić information content (AvgIpc) is 2.77. The zero-order valence-corrected chi connectivity index (χ0v) is 14.8.